The van der Waals surface area contributed by atoms with Gasteiger partial charge in [0.05, 0.1) is 5.56 Å². The highest BCUT2D eigenvalue weighted by molar-refractivity contribution is 7.99. The van der Waals surface area contributed by atoms with E-state index in [0.717, 1.165) is 12.1 Å². The van der Waals surface area contributed by atoms with E-state index in [4.69, 9.17) is 0 Å². The molecule has 0 spiro atoms. The Hall–Kier alpha value is -1.70. The van der Waals surface area contributed by atoms with E-state index >= 15 is 0 Å². The second kappa shape index (κ2) is 5.98. The molecule has 1 amide bonds. The minimum atomic E-state index is -4.38. The molecule has 1 aliphatic carbocycles. The van der Waals surface area contributed by atoms with Crippen LogP contribution in [-0.2, 0) is 15.8 Å². The molecule has 2 N–H and O–H groups in total. The van der Waals surface area contributed by atoms with Crippen LogP contribution in [0.1, 0.15) is 29.9 Å². The Bertz CT molecular complexity index is 654. The van der Waals surface area contributed by atoms with Gasteiger partial charge in [-0.25, -0.2) is 4.79 Å². The summed E-state index contributed by atoms with van der Waals surface area (Å²) >= 11 is 1.48. The van der Waals surface area contributed by atoms with Crippen LogP contribution in [0.25, 0.3) is 0 Å². The van der Waals surface area contributed by atoms with E-state index in [0.29, 0.717) is 29.9 Å². The van der Waals surface area contributed by atoms with E-state index in [1.165, 1.54) is 23.9 Å². The smallest absolute Gasteiger partial charge is 0.416 e. The molecule has 1 aromatic rings. The molecule has 1 heterocycles. The van der Waals surface area contributed by atoms with Gasteiger partial charge in [0.2, 0.25) is 5.91 Å². The van der Waals surface area contributed by atoms with Crippen molar-refractivity contribution in [1.82, 2.24) is 5.32 Å². The normalized spacial score (nSPS) is 29.3. The molecule has 3 rings (SSSR count). The molecule has 24 heavy (non-hydrogen) atoms. The van der Waals surface area contributed by atoms with Gasteiger partial charge in [0.1, 0.15) is 5.54 Å². The first-order valence-corrected chi connectivity index (χ1v) is 8.69. The van der Waals surface area contributed by atoms with Crippen LogP contribution in [0.15, 0.2) is 24.3 Å². The van der Waals surface area contributed by atoms with Crippen molar-refractivity contribution in [3.63, 3.8) is 0 Å². The van der Waals surface area contributed by atoms with Gasteiger partial charge in [-0.3, -0.25) is 4.79 Å². The summed E-state index contributed by atoms with van der Waals surface area (Å²) < 4.78 is 37.7. The van der Waals surface area contributed by atoms with E-state index in [1.807, 2.05) is 0 Å². The largest absolute Gasteiger partial charge is 0.479 e. The maximum absolute atomic E-state index is 12.6. The zero-order chi connectivity index (χ0) is 17.5. The standard InChI is InChI=1S/C16H16F3NO3S/c17-16(18,19)10-3-1-9(2-4-10)11-7-12(11)13(21)20-15(14(22)23)5-6-24-8-15/h1-4,11-12H,5-8H2,(H,20,21)(H,22,23). The average Bonchev–Trinajstić information content (AvgIpc) is 3.18. The highest BCUT2D eigenvalue weighted by Gasteiger charge is 2.49. The topological polar surface area (TPSA) is 66.4 Å². The number of carbonyl (C=O) groups is 2. The van der Waals surface area contributed by atoms with E-state index in [1.54, 1.807) is 0 Å². The Kier molecular flexibility index (Phi) is 4.27. The summed E-state index contributed by atoms with van der Waals surface area (Å²) in [6.07, 6.45) is -3.47. The molecule has 3 atom stereocenters. The van der Waals surface area contributed by atoms with Crippen LogP contribution in [0.5, 0.6) is 0 Å². The highest BCUT2D eigenvalue weighted by Crippen LogP contribution is 2.48. The van der Waals surface area contributed by atoms with Crippen LogP contribution in [0.4, 0.5) is 13.2 Å². The number of carbonyl (C=O) groups excluding carboxylic acids is 1. The number of alkyl halides is 3. The minimum Gasteiger partial charge on any atom is -0.479 e. The molecule has 3 unspecified atom stereocenters. The van der Waals surface area contributed by atoms with Crippen molar-refractivity contribution in [2.24, 2.45) is 5.92 Å². The van der Waals surface area contributed by atoms with Gasteiger partial charge < -0.3 is 10.4 Å². The predicted octanol–water partition coefficient (Wildman–Crippen LogP) is 2.89. The molecule has 8 heteroatoms. The van der Waals surface area contributed by atoms with E-state index < -0.39 is 23.2 Å². The first kappa shape index (κ1) is 17.1. The molecule has 1 aromatic carbocycles. The van der Waals surface area contributed by atoms with Crippen molar-refractivity contribution in [3.8, 4) is 0 Å². The zero-order valence-corrected chi connectivity index (χ0v) is 13.4. The third-order valence-electron chi connectivity index (χ3n) is 4.59. The van der Waals surface area contributed by atoms with Gasteiger partial charge in [-0.2, -0.15) is 24.9 Å². The molecule has 130 valence electrons. The quantitative estimate of drug-likeness (QED) is 0.868. The molecule has 1 aliphatic heterocycles. The fourth-order valence-electron chi connectivity index (χ4n) is 2.99. The number of amides is 1. The Morgan fingerprint density at radius 1 is 1.25 bits per heavy atom. The number of rotatable bonds is 4. The molecule has 2 aliphatic rings. The zero-order valence-electron chi connectivity index (χ0n) is 12.6. The maximum Gasteiger partial charge on any atom is 0.416 e. The van der Waals surface area contributed by atoms with Crippen LogP contribution in [-0.4, -0.2) is 34.0 Å². The maximum atomic E-state index is 12.6. The van der Waals surface area contributed by atoms with Crippen LogP contribution >= 0.6 is 11.8 Å². The van der Waals surface area contributed by atoms with Gasteiger partial charge in [-0.1, -0.05) is 12.1 Å². The molecule has 1 saturated heterocycles. The molecular formula is C16H16F3NO3S. The summed E-state index contributed by atoms with van der Waals surface area (Å²) in [5.74, 6) is -0.862. The summed E-state index contributed by atoms with van der Waals surface area (Å²) in [7, 11) is 0. The molecule has 1 saturated carbocycles. The number of nitrogens with one attached hydrogen (secondary N) is 1. The van der Waals surface area contributed by atoms with Crippen molar-refractivity contribution in [1.29, 1.82) is 0 Å². The monoisotopic (exact) mass is 359 g/mol. The first-order valence-electron chi connectivity index (χ1n) is 7.53. The van der Waals surface area contributed by atoms with Crippen LogP contribution < -0.4 is 5.32 Å². The van der Waals surface area contributed by atoms with E-state index in [-0.39, 0.29) is 17.7 Å². The summed E-state index contributed by atoms with van der Waals surface area (Å²) in [5, 5.41) is 12.0. The summed E-state index contributed by atoms with van der Waals surface area (Å²) in [5.41, 5.74) is -1.26. The van der Waals surface area contributed by atoms with E-state index in [2.05, 4.69) is 5.32 Å². The van der Waals surface area contributed by atoms with Gasteiger partial charge in [0.15, 0.2) is 0 Å². The number of carboxylic acids is 1. The third kappa shape index (κ3) is 3.24. The number of carboxylic acid groups (broad SMARTS) is 1. The van der Waals surface area contributed by atoms with Crippen molar-refractivity contribution in [2.45, 2.75) is 30.5 Å². The average molecular weight is 359 g/mol. The predicted molar refractivity (Wildman–Crippen MR) is 82.7 cm³/mol. The van der Waals surface area contributed by atoms with Crippen molar-refractivity contribution in [3.05, 3.63) is 35.4 Å². The van der Waals surface area contributed by atoms with Gasteiger partial charge in [-0.15, -0.1) is 0 Å². The molecule has 2 fully saturated rings. The number of thioether (sulfide) groups is 1. The molecule has 0 radical (unpaired) electrons. The third-order valence-corrected chi connectivity index (χ3v) is 5.78. The SMILES string of the molecule is O=C(NC1(C(=O)O)CCSC1)C1CC1c1ccc(C(F)(F)F)cc1. The van der Waals surface area contributed by atoms with Gasteiger partial charge in [0, 0.05) is 11.7 Å². The number of halogens is 3. The van der Waals surface area contributed by atoms with Gasteiger partial charge >= 0.3 is 12.1 Å². The summed E-state index contributed by atoms with van der Waals surface area (Å²) in [4.78, 5) is 23.8. The van der Waals surface area contributed by atoms with E-state index in [9.17, 15) is 27.9 Å². The lowest BCUT2D eigenvalue weighted by Gasteiger charge is -2.24. The second-order valence-corrected chi connectivity index (χ2v) is 7.35. The minimum absolute atomic E-state index is 0.146. The first-order chi connectivity index (χ1) is 11.2. The molecule has 0 aromatic heterocycles. The van der Waals surface area contributed by atoms with Crippen molar-refractivity contribution < 1.29 is 27.9 Å². The molecule has 0 bridgehead atoms. The van der Waals surface area contributed by atoms with Crippen LogP contribution in [0.3, 0.4) is 0 Å². The summed E-state index contributed by atoms with van der Waals surface area (Å²) in [6.45, 7) is 0. The van der Waals surface area contributed by atoms with Crippen molar-refractivity contribution >= 4 is 23.6 Å². The summed E-state index contributed by atoms with van der Waals surface area (Å²) in [6, 6.07) is 4.79. The van der Waals surface area contributed by atoms with Crippen LogP contribution in [0.2, 0.25) is 0 Å². The number of hydrogen-bond donors (Lipinski definition) is 2. The number of benzene rings is 1. The fraction of sp³-hybridized carbons (Fsp3) is 0.500. The van der Waals surface area contributed by atoms with Gasteiger partial charge in [0.25, 0.3) is 0 Å². The lowest BCUT2D eigenvalue weighted by atomic mass is 9.98. The Balaban J connectivity index is 1.64. The Morgan fingerprint density at radius 3 is 2.42 bits per heavy atom. The van der Waals surface area contributed by atoms with Crippen molar-refractivity contribution in [2.75, 3.05) is 11.5 Å². The Morgan fingerprint density at radius 2 is 1.92 bits per heavy atom. The Labute approximate surface area is 140 Å². The van der Waals surface area contributed by atoms with Gasteiger partial charge in [-0.05, 0) is 42.2 Å². The second-order valence-electron chi connectivity index (χ2n) is 6.25. The number of hydrogen-bond acceptors (Lipinski definition) is 3. The number of aliphatic carboxylic acids is 1. The molecule has 4 nitrogen and oxygen atoms in total. The fourth-order valence-corrected chi connectivity index (χ4v) is 4.31. The lowest BCUT2D eigenvalue weighted by Crippen LogP contribution is -2.55. The van der Waals surface area contributed by atoms with Crippen LogP contribution in [0, 0.1) is 5.92 Å². The molecular weight excluding hydrogens is 343 g/mol. The lowest BCUT2D eigenvalue weighted by molar-refractivity contribution is -0.146. The highest BCUT2D eigenvalue weighted by atomic mass is 32.2.